The highest BCUT2D eigenvalue weighted by Crippen LogP contribution is 2.23. The van der Waals surface area contributed by atoms with Crippen LogP contribution in [0.1, 0.15) is 37.8 Å². The molecule has 2 unspecified atom stereocenters. The molecule has 1 aromatic rings. The predicted octanol–water partition coefficient (Wildman–Crippen LogP) is 2.57. The van der Waals surface area contributed by atoms with Gasteiger partial charge in [0, 0.05) is 5.69 Å². The average Bonchev–Trinajstić information content (AvgIpc) is 2.33. The van der Waals surface area contributed by atoms with Crippen LogP contribution in [0.15, 0.2) is 18.2 Å². The number of nitrogens with zero attached hydrogens (tertiary/aromatic N) is 1. The van der Waals surface area contributed by atoms with Crippen molar-refractivity contribution >= 4 is 5.69 Å². The van der Waals surface area contributed by atoms with Gasteiger partial charge in [0.1, 0.15) is 12.5 Å². The van der Waals surface area contributed by atoms with Crippen molar-refractivity contribution in [3.05, 3.63) is 29.3 Å². The first kappa shape index (κ1) is 14.0. The summed E-state index contributed by atoms with van der Waals surface area (Å²) < 4.78 is 0. The van der Waals surface area contributed by atoms with Crippen molar-refractivity contribution in [3.63, 3.8) is 0 Å². The van der Waals surface area contributed by atoms with Crippen LogP contribution in [0.2, 0.25) is 0 Å². The Morgan fingerprint density at radius 3 is 1.94 bits per heavy atom. The summed E-state index contributed by atoms with van der Waals surface area (Å²) in [7, 11) is 0. The minimum Gasteiger partial charge on any atom is -0.374 e. The molecule has 2 atom stereocenters. The van der Waals surface area contributed by atoms with Crippen molar-refractivity contribution < 1.29 is 10.2 Å². The lowest BCUT2D eigenvalue weighted by Gasteiger charge is -2.33. The van der Waals surface area contributed by atoms with E-state index in [9.17, 15) is 10.2 Å². The molecule has 2 N–H and O–H groups in total. The fraction of sp³-hybridized carbons (Fsp3) is 0.571. The first-order chi connectivity index (χ1) is 8.01. The molecular weight excluding hydrogens is 214 g/mol. The zero-order valence-electron chi connectivity index (χ0n) is 11.1. The molecule has 3 nitrogen and oxygen atoms in total. The van der Waals surface area contributed by atoms with Crippen molar-refractivity contribution in [2.45, 2.75) is 53.0 Å². The van der Waals surface area contributed by atoms with Crippen molar-refractivity contribution in [1.29, 1.82) is 0 Å². The third kappa shape index (κ3) is 3.20. The third-order valence-corrected chi connectivity index (χ3v) is 3.16. The average molecular weight is 237 g/mol. The molecule has 1 aromatic carbocycles. The van der Waals surface area contributed by atoms with Gasteiger partial charge in [0.05, 0.1) is 0 Å². The van der Waals surface area contributed by atoms with Gasteiger partial charge in [-0.15, -0.1) is 0 Å². The summed E-state index contributed by atoms with van der Waals surface area (Å²) in [5.41, 5.74) is 3.25. The van der Waals surface area contributed by atoms with Crippen LogP contribution >= 0.6 is 0 Å². The Morgan fingerprint density at radius 2 is 1.53 bits per heavy atom. The molecule has 17 heavy (non-hydrogen) atoms. The fourth-order valence-corrected chi connectivity index (χ4v) is 1.82. The summed E-state index contributed by atoms with van der Waals surface area (Å²) in [4.78, 5) is 1.67. The lowest BCUT2D eigenvalue weighted by atomic mass is 10.1. The summed E-state index contributed by atoms with van der Waals surface area (Å²) in [5.74, 6) is 0. The van der Waals surface area contributed by atoms with Crippen molar-refractivity contribution in [3.8, 4) is 0 Å². The Labute approximate surface area is 104 Å². The molecule has 1 rings (SSSR count). The maximum atomic E-state index is 10.00. The molecule has 0 amide bonds. The molecule has 0 saturated heterocycles. The van der Waals surface area contributed by atoms with E-state index in [0.717, 1.165) is 5.69 Å². The van der Waals surface area contributed by atoms with Crippen molar-refractivity contribution in [1.82, 2.24) is 0 Å². The van der Waals surface area contributed by atoms with Crippen LogP contribution in [0.5, 0.6) is 0 Å². The first-order valence-electron chi connectivity index (χ1n) is 6.23. The number of rotatable bonds is 5. The number of benzene rings is 1. The molecule has 0 heterocycles. The quantitative estimate of drug-likeness (QED) is 0.774. The Balaban J connectivity index is 3.08. The lowest BCUT2D eigenvalue weighted by molar-refractivity contribution is 0.0798. The molecular formula is C14H23NO2. The summed E-state index contributed by atoms with van der Waals surface area (Å²) in [6.45, 7) is 7.89. The van der Waals surface area contributed by atoms with E-state index in [4.69, 9.17) is 0 Å². The van der Waals surface area contributed by atoms with Crippen molar-refractivity contribution in [2.24, 2.45) is 0 Å². The van der Waals surface area contributed by atoms with Crippen LogP contribution in [0.25, 0.3) is 0 Å². The molecule has 0 spiro atoms. The van der Waals surface area contributed by atoms with Gasteiger partial charge in [-0.1, -0.05) is 19.9 Å². The molecule has 0 aromatic heterocycles. The van der Waals surface area contributed by atoms with E-state index in [1.807, 2.05) is 39.0 Å². The van der Waals surface area contributed by atoms with Gasteiger partial charge in [-0.2, -0.15) is 0 Å². The van der Waals surface area contributed by atoms with Crippen LogP contribution in [0, 0.1) is 13.8 Å². The van der Waals surface area contributed by atoms with Gasteiger partial charge in [0.15, 0.2) is 0 Å². The highest BCUT2D eigenvalue weighted by molar-refractivity contribution is 5.51. The van der Waals surface area contributed by atoms with Gasteiger partial charge >= 0.3 is 0 Å². The highest BCUT2D eigenvalue weighted by atomic mass is 16.3. The molecule has 96 valence electrons. The lowest BCUT2D eigenvalue weighted by Crippen LogP contribution is -2.43. The fourth-order valence-electron chi connectivity index (χ4n) is 1.82. The van der Waals surface area contributed by atoms with Gasteiger partial charge in [-0.05, 0) is 49.9 Å². The van der Waals surface area contributed by atoms with E-state index in [-0.39, 0.29) is 0 Å². The van der Waals surface area contributed by atoms with Crippen LogP contribution < -0.4 is 4.90 Å². The van der Waals surface area contributed by atoms with Gasteiger partial charge in [0.2, 0.25) is 0 Å². The smallest absolute Gasteiger partial charge is 0.128 e. The SMILES string of the molecule is CCC(O)N(c1ccc(C)c(C)c1)C(O)CC. The van der Waals surface area contributed by atoms with Gasteiger partial charge in [-0.3, -0.25) is 0 Å². The Bertz CT molecular complexity index is 355. The monoisotopic (exact) mass is 237 g/mol. The minimum atomic E-state index is -0.646. The van der Waals surface area contributed by atoms with Crippen LogP contribution in [0.3, 0.4) is 0 Å². The second kappa shape index (κ2) is 6.03. The van der Waals surface area contributed by atoms with Crippen molar-refractivity contribution in [2.75, 3.05) is 4.90 Å². The molecule has 0 aliphatic rings. The molecule has 0 aliphatic heterocycles. The number of aryl methyl sites for hydroxylation is 2. The third-order valence-electron chi connectivity index (χ3n) is 3.16. The van der Waals surface area contributed by atoms with E-state index in [1.54, 1.807) is 4.90 Å². The Morgan fingerprint density at radius 1 is 1.00 bits per heavy atom. The van der Waals surface area contributed by atoms with Crippen LogP contribution in [0.4, 0.5) is 5.69 Å². The summed E-state index contributed by atoms with van der Waals surface area (Å²) in [5, 5.41) is 20.0. The number of hydrogen-bond donors (Lipinski definition) is 2. The molecule has 3 heteroatoms. The zero-order chi connectivity index (χ0) is 13.0. The molecule has 0 radical (unpaired) electrons. The number of aliphatic hydroxyl groups excluding tert-OH is 2. The number of anilines is 1. The molecule has 0 fully saturated rings. The molecule has 0 saturated carbocycles. The molecule has 0 bridgehead atoms. The summed E-state index contributed by atoms with van der Waals surface area (Å²) >= 11 is 0. The van der Waals surface area contributed by atoms with E-state index in [2.05, 4.69) is 6.92 Å². The Kier molecular flexibility index (Phi) is 4.97. The zero-order valence-corrected chi connectivity index (χ0v) is 11.1. The van der Waals surface area contributed by atoms with Gasteiger partial charge < -0.3 is 15.1 Å². The number of hydrogen-bond acceptors (Lipinski definition) is 3. The number of aliphatic hydroxyl groups is 2. The normalized spacial score (nSPS) is 14.5. The summed E-state index contributed by atoms with van der Waals surface area (Å²) in [6.07, 6.45) is -0.118. The first-order valence-corrected chi connectivity index (χ1v) is 6.23. The second-order valence-corrected chi connectivity index (χ2v) is 4.45. The van der Waals surface area contributed by atoms with Crippen LogP contribution in [-0.2, 0) is 0 Å². The highest BCUT2D eigenvalue weighted by Gasteiger charge is 2.21. The van der Waals surface area contributed by atoms with Crippen LogP contribution in [-0.4, -0.2) is 22.7 Å². The van der Waals surface area contributed by atoms with E-state index >= 15 is 0 Å². The maximum absolute atomic E-state index is 10.00. The largest absolute Gasteiger partial charge is 0.374 e. The van der Waals surface area contributed by atoms with E-state index in [1.165, 1.54) is 11.1 Å². The van der Waals surface area contributed by atoms with Gasteiger partial charge in [0.25, 0.3) is 0 Å². The van der Waals surface area contributed by atoms with E-state index < -0.39 is 12.5 Å². The molecule has 0 aliphatic carbocycles. The van der Waals surface area contributed by atoms with Gasteiger partial charge in [-0.25, -0.2) is 0 Å². The summed E-state index contributed by atoms with van der Waals surface area (Å²) in [6, 6.07) is 5.97. The van der Waals surface area contributed by atoms with E-state index in [0.29, 0.717) is 12.8 Å². The Hall–Kier alpha value is -1.06. The predicted molar refractivity (Wildman–Crippen MR) is 71.0 cm³/mol. The second-order valence-electron chi connectivity index (χ2n) is 4.45. The topological polar surface area (TPSA) is 43.7 Å². The maximum Gasteiger partial charge on any atom is 0.128 e. The standard InChI is InChI=1S/C14H23NO2/c1-5-13(16)15(14(17)6-2)12-8-7-10(3)11(4)9-12/h7-9,13-14,16-17H,5-6H2,1-4H3. The minimum absolute atomic E-state index is 0.587.